The summed E-state index contributed by atoms with van der Waals surface area (Å²) in [4.78, 5) is 6.94. The minimum absolute atomic E-state index is 0.596. The van der Waals surface area contributed by atoms with Gasteiger partial charge in [0.25, 0.3) is 0 Å². The predicted molar refractivity (Wildman–Crippen MR) is 67.7 cm³/mol. The Balaban J connectivity index is 2.28. The zero-order chi connectivity index (χ0) is 10.8. The van der Waals surface area contributed by atoms with Crippen molar-refractivity contribution >= 4 is 21.7 Å². The molecule has 0 saturated carbocycles. The van der Waals surface area contributed by atoms with Crippen LogP contribution in [0.1, 0.15) is 18.9 Å². The van der Waals surface area contributed by atoms with Crippen LogP contribution in [0.4, 0.5) is 5.82 Å². The van der Waals surface area contributed by atoms with E-state index in [1.54, 1.807) is 0 Å². The summed E-state index contributed by atoms with van der Waals surface area (Å²) in [7, 11) is 0. The van der Waals surface area contributed by atoms with E-state index >= 15 is 0 Å². The molecule has 2 atom stereocenters. The Kier molecular flexibility index (Phi) is 3.29. The van der Waals surface area contributed by atoms with E-state index in [1.165, 1.54) is 12.0 Å². The Morgan fingerprint density at radius 1 is 1.60 bits per heavy atom. The third-order valence-corrected chi connectivity index (χ3v) is 3.96. The maximum atomic E-state index is 4.50. The van der Waals surface area contributed by atoms with Crippen LogP contribution in [0, 0.1) is 12.8 Å². The van der Waals surface area contributed by atoms with E-state index in [0.717, 1.165) is 23.6 Å². The summed E-state index contributed by atoms with van der Waals surface area (Å²) in [6.45, 7) is 5.59. The number of pyridine rings is 1. The van der Waals surface area contributed by atoms with E-state index in [1.807, 2.05) is 12.3 Å². The summed E-state index contributed by atoms with van der Waals surface area (Å²) in [5.74, 6) is 1.91. The SMILES string of the molecule is Cc1cccnc1N1CCC(C)C1CBr. The Morgan fingerprint density at radius 3 is 3.07 bits per heavy atom. The molecule has 2 unspecified atom stereocenters. The molecule has 15 heavy (non-hydrogen) atoms. The zero-order valence-corrected chi connectivity index (χ0v) is 10.9. The Morgan fingerprint density at radius 2 is 2.40 bits per heavy atom. The van der Waals surface area contributed by atoms with Crippen molar-refractivity contribution in [1.29, 1.82) is 0 Å². The van der Waals surface area contributed by atoms with Gasteiger partial charge < -0.3 is 4.90 Å². The topological polar surface area (TPSA) is 16.1 Å². The molecule has 0 spiro atoms. The van der Waals surface area contributed by atoms with Gasteiger partial charge in [-0.05, 0) is 30.9 Å². The van der Waals surface area contributed by atoms with Gasteiger partial charge in [-0.25, -0.2) is 4.98 Å². The van der Waals surface area contributed by atoms with Crippen molar-refractivity contribution in [2.45, 2.75) is 26.3 Å². The van der Waals surface area contributed by atoms with E-state index in [0.29, 0.717) is 6.04 Å². The smallest absolute Gasteiger partial charge is 0.131 e. The number of aryl methyl sites for hydroxylation is 1. The molecule has 1 aliphatic heterocycles. The van der Waals surface area contributed by atoms with Crippen LogP contribution in [-0.2, 0) is 0 Å². The number of alkyl halides is 1. The largest absolute Gasteiger partial charge is 0.352 e. The number of hydrogen-bond donors (Lipinski definition) is 0. The molecule has 2 rings (SSSR count). The Labute approximate surface area is 99.8 Å². The van der Waals surface area contributed by atoms with Gasteiger partial charge in [-0.15, -0.1) is 0 Å². The number of hydrogen-bond acceptors (Lipinski definition) is 2. The molecule has 82 valence electrons. The highest BCUT2D eigenvalue weighted by molar-refractivity contribution is 9.09. The minimum Gasteiger partial charge on any atom is -0.352 e. The lowest BCUT2D eigenvalue weighted by Crippen LogP contribution is -2.34. The summed E-state index contributed by atoms with van der Waals surface area (Å²) in [5, 5.41) is 1.03. The van der Waals surface area contributed by atoms with Gasteiger partial charge in [0.15, 0.2) is 0 Å². The monoisotopic (exact) mass is 268 g/mol. The summed E-state index contributed by atoms with van der Waals surface area (Å²) in [6, 6.07) is 4.73. The maximum Gasteiger partial charge on any atom is 0.131 e. The summed E-state index contributed by atoms with van der Waals surface area (Å²) in [6.07, 6.45) is 3.16. The molecule has 0 radical (unpaired) electrons. The van der Waals surface area contributed by atoms with Gasteiger partial charge >= 0.3 is 0 Å². The van der Waals surface area contributed by atoms with Crippen LogP contribution in [0.25, 0.3) is 0 Å². The number of halogens is 1. The van der Waals surface area contributed by atoms with Crippen molar-refractivity contribution < 1.29 is 0 Å². The highest BCUT2D eigenvalue weighted by atomic mass is 79.9. The standard InChI is InChI=1S/C12H17BrN2/c1-9-5-7-15(11(9)8-13)12-10(2)4-3-6-14-12/h3-4,6,9,11H,5,7-8H2,1-2H3. The Hall–Kier alpha value is -0.570. The average molecular weight is 269 g/mol. The van der Waals surface area contributed by atoms with Gasteiger partial charge in [-0.2, -0.15) is 0 Å². The molecule has 1 fully saturated rings. The number of aromatic nitrogens is 1. The lowest BCUT2D eigenvalue weighted by atomic mass is 10.1. The van der Waals surface area contributed by atoms with Crippen molar-refractivity contribution in [1.82, 2.24) is 4.98 Å². The fraction of sp³-hybridized carbons (Fsp3) is 0.583. The van der Waals surface area contributed by atoms with Crippen LogP contribution in [-0.4, -0.2) is 22.9 Å². The number of anilines is 1. The molecule has 0 N–H and O–H groups in total. The molecule has 0 aromatic carbocycles. The molecule has 1 aromatic heterocycles. The van der Waals surface area contributed by atoms with E-state index < -0.39 is 0 Å². The van der Waals surface area contributed by atoms with Gasteiger partial charge in [0.2, 0.25) is 0 Å². The first-order chi connectivity index (χ1) is 7.24. The first kappa shape index (κ1) is 10.9. The first-order valence-corrected chi connectivity index (χ1v) is 6.60. The van der Waals surface area contributed by atoms with Crippen LogP contribution in [0.3, 0.4) is 0 Å². The second kappa shape index (κ2) is 4.52. The molecule has 1 aliphatic rings. The van der Waals surface area contributed by atoms with Crippen molar-refractivity contribution in [3.63, 3.8) is 0 Å². The predicted octanol–water partition coefficient (Wildman–Crippen LogP) is 3.00. The summed E-state index contributed by atoms with van der Waals surface area (Å²) >= 11 is 3.61. The fourth-order valence-electron chi connectivity index (χ4n) is 2.28. The molecule has 2 heterocycles. The van der Waals surface area contributed by atoms with E-state index in [-0.39, 0.29) is 0 Å². The molecule has 1 aromatic rings. The second-order valence-electron chi connectivity index (χ2n) is 4.32. The lowest BCUT2D eigenvalue weighted by Gasteiger charge is -2.27. The van der Waals surface area contributed by atoms with Gasteiger partial charge in [-0.3, -0.25) is 0 Å². The molecular weight excluding hydrogens is 252 g/mol. The number of nitrogens with zero attached hydrogens (tertiary/aromatic N) is 2. The lowest BCUT2D eigenvalue weighted by molar-refractivity contribution is 0.552. The molecule has 1 saturated heterocycles. The van der Waals surface area contributed by atoms with Crippen molar-refractivity contribution in [2.24, 2.45) is 5.92 Å². The summed E-state index contributed by atoms with van der Waals surface area (Å²) in [5.41, 5.74) is 1.28. The Bertz CT molecular complexity index is 340. The van der Waals surface area contributed by atoms with Crippen LogP contribution in [0.2, 0.25) is 0 Å². The van der Waals surface area contributed by atoms with Gasteiger partial charge in [0.05, 0.1) is 0 Å². The van der Waals surface area contributed by atoms with Gasteiger partial charge in [-0.1, -0.05) is 28.9 Å². The maximum absolute atomic E-state index is 4.50. The fourth-order valence-corrected chi connectivity index (χ4v) is 3.27. The molecule has 0 bridgehead atoms. The molecule has 3 heteroatoms. The van der Waals surface area contributed by atoms with Crippen molar-refractivity contribution in [2.75, 3.05) is 16.8 Å². The van der Waals surface area contributed by atoms with Crippen molar-refractivity contribution in [3.8, 4) is 0 Å². The highest BCUT2D eigenvalue weighted by Crippen LogP contribution is 2.30. The zero-order valence-electron chi connectivity index (χ0n) is 9.28. The van der Waals surface area contributed by atoms with Gasteiger partial charge in [0, 0.05) is 24.1 Å². The van der Waals surface area contributed by atoms with Crippen LogP contribution < -0.4 is 4.90 Å². The van der Waals surface area contributed by atoms with E-state index in [9.17, 15) is 0 Å². The van der Waals surface area contributed by atoms with Crippen LogP contribution in [0.5, 0.6) is 0 Å². The molecule has 2 nitrogen and oxygen atoms in total. The average Bonchev–Trinajstić information content (AvgIpc) is 2.60. The highest BCUT2D eigenvalue weighted by Gasteiger charge is 2.31. The minimum atomic E-state index is 0.596. The quantitative estimate of drug-likeness (QED) is 0.767. The van der Waals surface area contributed by atoms with Crippen molar-refractivity contribution in [3.05, 3.63) is 23.9 Å². The molecule has 0 aliphatic carbocycles. The van der Waals surface area contributed by atoms with E-state index in [4.69, 9.17) is 0 Å². The van der Waals surface area contributed by atoms with Crippen LogP contribution >= 0.6 is 15.9 Å². The third-order valence-electron chi connectivity index (χ3n) is 3.29. The van der Waals surface area contributed by atoms with E-state index in [2.05, 4.69) is 45.7 Å². The summed E-state index contributed by atoms with van der Waals surface area (Å²) < 4.78 is 0. The molecule has 0 amide bonds. The third kappa shape index (κ3) is 2.03. The second-order valence-corrected chi connectivity index (χ2v) is 4.97. The van der Waals surface area contributed by atoms with Crippen LogP contribution in [0.15, 0.2) is 18.3 Å². The molecular formula is C12H17BrN2. The first-order valence-electron chi connectivity index (χ1n) is 5.48. The number of rotatable bonds is 2. The van der Waals surface area contributed by atoms with Gasteiger partial charge in [0.1, 0.15) is 5.82 Å². The normalized spacial score (nSPS) is 25.9.